The number of rotatable bonds is 7. The highest BCUT2D eigenvalue weighted by molar-refractivity contribution is 8.18. The lowest BCUT2D eigenvalue weighted by Crippen LogP contribution is -2.32. The average molecular weight is 520 g/mol. The second kappa shape index (κ2) is 9.93. The zero-order valence-electron chi connectivity index (χ0n) is 18.6. The first kappa shape index (κ1) is 23.7. The lowest BCUT2D eigenvalue weighted by Gasteiger charge is -2.14. The lowest BCUT2D eigenvalue weighted by molar-refractivity contribution is -0.123. The molecule has 3 aromatic carbocycles. The molecule has 0 spiro atoms. The summed E-state index contributed by atoms with van der Waals surface area (Å²) >= 11 is 7.03. The van der Waals surface area contributed by atoms with Gasteiger partial charge in [0.15, 0.2) is 0 Å². The van der Waals surface area contributed by atoms with Crippen LogP contribution in [-0.2, 0) is 4.79 Å². The van der Waals surface area contributed by atoms with Gasteiger partial charge in [-0.1, -0.05) is 48.0 Å². The zero-order chi connectivity index (χ0) is 25.2. The van der Waals surface area contributed by atoms with Gasteiger partial charge < -0.3 is 14.3 Å². The monoisotopic (exact) mass is 519 g/mol. The van der Waals surface area contributed by atoms with Crippen LogP contribution >= 0.6 is 23.4 Å². The van der Waals surface area contributed by atoms with Crippen molar-refractivity contribution in [1.29, 1.82) is 0 Å². The number of furan rings is 1. The van der Waals surface area contributed by atoms with Gasteiger partial charge >= 0.3 is 5.97 Å². The molecule has 2 amide bonds. The van der Waals surface area contributed by atoms with Gasteiger partial charge in [0.1, 0.15) is 23.9 Å². The van der Waals surface area contributed by atoms with Gasteiger partial charge in [0.05, 0.1) is 22.0 Å². The average Bonchev–Trinajstić information content (AvgIpc) is 3.44. The standard InChI is InChI=1S/C27H18ClNO6S/c28-21-10-8-17(26(31)32)14-20(21)23-11-9-18(35-23)15-24-25(30)29(27(33)36-24)12-13-34-22-7-3-5-16-4-1-2-6-19(16)22/h1-11,14-15H,12-13H2,(H,31,32)/b24-15-. The molecule has 0 aliphatic carbocycles. The van der Waals surface area contributed by atoms with E-state index in [2.05, 4.69) is 0 Å². The molecular formula is C27H18ClNO6S. The number of carbonyl (C=O) groups is 3. The molecular weight excluding hydrogens is 502 g/mol. The minimum atomic E-state index is -1.09. The second-order valence-corrected chi connectivity index (χ2v) is 9.26. The van der Waals surface area contributed by atoms with Gasteiger partial charge in [-0.15, -0.1) is 0 Å². The van der Waals surface area contributed by atoms with Crippen molar-refractivity contribution in [2.75, 3.05) is 13.2 Å². The van der Waals surface area contributed by atoms with Crippen molar-refractivity contribution < 1.29 is 28.6 Å². The zero-order valence-corrected chi connectivity index (χ0v) is 20.2. The SMILES string of the molecule is O=C(O)c1ccc(Cl)c(-c2ccc(/C=C3\SC(=O)N(CCOc4cccc5ccccc45)C3=O)o2)c1. The van der Waals surface area contributed by atoms with Crippen LogP contribution < -0.4 is 4.74 Å². The topological polar surface area (TPSA) is 97.0 Å². The van der Waals surface area contributed by atoms with Crippen LogP contribution in [0.4, 0.5) is 4.79 Å². The van der Waals surface area contributed by atoms with E-state index in [-0.39, 0.29) is 23.6 Å². The lowest BCUT2D eigenvalue weighted by atomic mass is 10.1. The normalized spacial score (nSPS) is 14.7. The van der Waals surface area contributed by atoms with Gasteiger partial charge in [0.25, 0.3) is 11.1 Å². The molecule has 180 valence electrons. The quantitative estimate of drug-likeness (QED) is 0.276. The van der Waals surface area contributed by atoms with E-state index in [1.54, 1.807) is 12.1 Å². The number of amides is 2. The third-order valence-electron chi connectivity index (χ3n) is 5.57. The number of ether oxygens (including phenoxy) is 1. The molecule has 1 N–H and O–H groups in total. The molecule has 0 unspecified atom stereocenters. The molecule has 1 saturated heterocycles. The van der Waals surface area contributed by atoms with Crippen LogP contribution in [-0.4, -0.2) is 40.3 Å². The summed E-state index contributed by atoms with van der Waals surface area (Å²) in [6.07, 6.45) is 1.48. The van der Waals surface area contributed by atoms with Crippen molar-refractivity contribution in [3.63, 3.8) is 0 Å². The maximum atomic E-state index is 12.9. The predicted octanol–water partition coefficient (Wildman–Crippen LogP) is 6.57. The van der Waals surface area contributed by atoms with Gasteiger partial charge in [-0.25, -0.2) is 4.79 Å². The van der Waals surface area contributed by atoms with Crippen LogP contribution in [0.1, 0.15) is 16.1 Å². The number of thioether (sulfide) groups is 1. The van der Waals surface area contributed by atoms with Gasteiger partial charge in [0, 0.05) is 17.0 Å². The Kier molecular flexibility index (Phi) is 6.54. The van der Waals surface area contributed by atoms with Crippen molar-refractivity contribution >= 4 is 57.3 Å². The molecule has 2 heterocycles. The summed E-state index contributed by atoms with van der Waals surface area (Å²) in [7, 11) is 0. The number of aromatic carboxylic acids is 1. The maximum Gasteiger partial charge on any atom is 0.335 e. The maximum absolute atomic E-state index is 12.9. The number of nitrogens with zero attached hydrogens (tertiary/aromatic N) is 1. The molecule has 5 rings (SSSR count). The highest BCUT2D eigenvalue weighted by Crippen LogP contribution is 2.35. The molecule has 1 fully saturated rings. The van der Waals surface area contributed by atoms with Crippen LogP contribution in [0.3, 0.4) is 0 Å². The van der Waals surface area contributed by atoms with Crippen molar-refractivity contribution in [3.05, 3.63) is 94.0 Å². The fraction of sp³-hybridized carbons (Fsp3) is 0.0741. The van der Waals surface area contributed by atoms with Crippen LogP contribution in [0.15, 0.2) is 82.1 Å². The van der Waals surface area contributed by atoms with Gasteiger partial charge in [-0.05, 0) is 53.5 Å². The third kappa shape index (κ3) is 4.73. The third-order valence-corrected chi connectivity index (χ3v) is 6.81. The Morgan fingerprint density at radius 1 is 1.06 bits per heavy atom. The fourth-order valence-corrected chi connectivity index (χ4v) is 4.87. The van der Waals surface area contributed by atoms with Crippen molar-refractivity contribution in [3.8, 4) is 17.1 Å². The van der Waals surface area contributed by atoms with E-state index in [1.165, 1.54) is 24.3 Å². The number of carboxylic acid groups (broad SMARTS) is 1. The molecule has 0 radical (unpaired) electrons. The molecule has 4 aromatic rings. The second-order valence-electron chi connectivity index (χ2n) is 7.86. The van der Waals surface area contributed by atoms with E-state index in [1.807, 2.05) is 42.5 Å². The molecule has 36 heavy (non-hydrogen) atoms. The molecule has 1 aliphatic heterocycles. The number of fused-ring (bicyclic) bond motifs is 1. The number of hydrogen-bond donors (Lipinski definition) is 1. The summed E-state index contributed by atoms with van der Waals surface area (Å²) in [5, 5.41) is 11.2. The predicted molar refractivity (Wildman–Crippen MR) is 138 cm³/mol. The summed E-state index contributed by atoms with van der Waals surface area (Å²) in [5.74, 6) is -0.158. The first-order chi connectivity index (χ1) is 17.4. The van der Waals surface area contributed by atoms with E-state index >= 15 is 0 Å². The van der Waals surface area contributed by atoms with E-state index in [9.17, 15) is 19.5 Å². The number of hydrogen-bond acceptors (Lipinski definition) is 6. The Labute approximate surface area is 214 Å². The number of halogens is 1. The summed E-state index contributed by atoms with van der Waals surface area (Å²) in [4.78, 5) is 38.0. The Balaban J connectivity index is 1.28. The van der Waals surface area contributed by atoms with Gasteiger partial charge in [0.2, 0.25) is 0 Å². The van der Waals surface area contributed by atoms with Crippen LogP contribution in [0.25, 0.3) is 28.2 Å². The molecule has 0 saturated carbocycles. The highest BCUT2D eigenvalue weighted by atomic mass is 35.5. The van der Waals surface area contributed by atoms with Crippen LogP contribution in [0.5, 0.6) is 5.75 Å². The Hall–Kier alpha value is -4.01. The molecule has 1 aromatic heterocycles. The van der Waals surface area contributed by atoms with E-state index < -0.39 is 17.1 Å². The molecule has 9 heteroatoms. The Morgan fingerprint density at radius 3 is 2.69 bits per heavy atom. The molecule has 0 atom stereocenters. The van der Waals surface area contributed by atoms with Crippen molar-refractivity contribution in [2.24, 2.45) is 0 Å². The van der Waals surface area contributed by atoms with E-state index in [0.29, 0.717) is 27.9 Å². The van der Waals surface area contributed by atoms with Gasteiger partial charge in [-0.2, -0.15) is 0 Å². The number of benzene rings is 3. The largest absolute Gasteiger partial charge is 0.491 e. The summed E-state index contributed by atoms with van der Waals surface area (Å²) < 4.78 is 11.6. The number of carboxylic acids is 1. The Bertz CT molecular complexity index is 1540. The molecule has 0 bridgehead atoms. The summed E-state index contributed by atoms with van der Waals surface area (Å²) in [6.45, 7) is 0.259. The summed E-state index contributed by atoms with van der Waals surface area (Å²) in [5.41, 5.74) is 0.481. The first-order valence-corrected chi connectivity index (χ1v) is 12.1. The van der Waals surface area contributed by atoms with Gasteiger partial charge in [-0.3, -0.25) is 14.5 Å². The smallest absolute Gasteiger partial charge is 0.335 e. The minimum absolute atomic E-state index is 0.0687. The van der Waals surface area contributed by atoms with Crippen LogP contribution in [0.2, 0.25) is 5.02 Å². The first-order valence-electron chi connectivity index (χ1n) is 10.9. The fourth-order valence-electron chi connectivity index (χ4n) is 3.81. The molecule has 1 aliphatic rings. The minimum Gasteiger partial charge on any atom is -0.491 e. The van der Waals surface area contributed by atoms with E-state index in [0.717, 1.165) is 27.4 Å². The van der Waals surface area contributed by atoms with E-state index in [4.69, 9.17) is 20.8 Å². The van der Waals surface area contributed by atoms with Crippen molar-refractivity contribution in [2.45, 2.75) is 0 Å². The van der Waals surface area contributed by atoms with Crippen molar-refractivity contribution in [1.82, 2.24) is 4.90 Å². The number of imide groups is 1. The highest BCUT2D eigenvalue weighted by Gasteiger charge is 2.35. The van der Waals surface area contributed by atoms with Crippen LogP contribution in [0, 0.1) is 0 Å². The summed E-state index contributed by atoms with van der Waals surface area (Å²) in [6, 6.07) is 21.1. The molecule has 7 nitrogen and oxygen atoms in total. The number of carbonyl (C=O) groups excluding carboxylic acids is 2. The Morgan fingerprint density at radius 2 is 1.86 bits per heavy atom.